The molecule has 5 heteroatoms. The van der Waals surface area contributed by atoms with Crippen LogP contribution in [0.25, 0.3) is 0 Å². The molecule has 0 saturated heterocycles. The molecule has 1 aliphatic carbocycles. The van der Waals surface area contributed by atoms with Gasteiger partial charge >= 0.3 is 0 Å². The Labute approximate surface area is 220 Å². The fourth-order valence-electron chi connectivity index (χ4n) is 5.08. The zero-order chi connectivity index (χ0) is 25.9. The molecule has 0 saturated carbocycles. The third-order valence-electron chi connectivity index (χ3n) is 7.62. The van der Waals surface area contributed by atoms with Crippen molar-refractivity contribution in [2.24, 2.45) is 0 Å². The lowest BCUT2D eigenvalue weighted by molar-refractivity contribution is 0.0924. The first kappa shape index (κ1) is 26.5. The van der Waals surface area contributed by atoms with Gasteiger partial charge in [0.15, 0.2) is 5.76 Å². The van der Waals surface area contributed by atoms with Crippen molar-refractivity contribution in [3.05, 3.63) is 92.9 Å². The average molecular weight is 507 g/mol. The highest BCUT2D eigenvalue weighted by Crippen LogP contribution is 2.46. The zero-order valence-electron chi connectivity index (χ0n) is 22.3. The highest BCUT2D eigenvalue weighted by Gasteiger charge is 2.37. The molecule has 2 aromatic carbocycles. The van der Waals surface area contributed by atoms with Gasteiger partial charge in [0.2, 0.25) is 0 Å². The predicted octanol–water partition coefficient (Wildman–Crippen LogP) is 7.09. The molecule has 2 N–H and O–H groups in total. The van der Waals surface area contributed by atoms with Crippen LogP contribution in [0.3, 0.4) is 0 Å². The molecule has 3 aromatic rings. The minimum absolute atomic E-state index is 0.163. The standard InChI is InChI=1S/C31H39ClN2O2/c1-21-17-26-27(31(4,5)14-13-30(26,2)3)19-23(21)18-25-11-12-28(36-25)29(35)34-16-6-15-33-20-22-7-9-24(32)10-8-22/h7-12,17,19,33H,6,13-16,18,20H2,1-5H3,(H,34,35). The Morgan fingerprint density at radius 2 is 1.61 bits per heavy atom. The first-order chi connectivity index (χ1) is 17.0. The molecule has 0 spiro atoms. The van der Waals surface area contributed by atoms with E-state index < -0.39 is 0 Å². The number of fused-ring (bicyclic) bond motifs is 1. The molecule has 0 bridgehead atoms. The summed E-state index contributed by atoms with van der Waals surface area (Å²) in [7, 11) is 0. The van der Waals surface area contributed by atoms with Crippen LogP contribution in [0.15, 0.2) is 52.9 Å². The van der Waals surface area contributed by atoms with Crippen LogP contribution in [-0.4, -0.2) is 19.0 Å². The highest BCUT2D eigenvalue weighted by molar-refractivity contribution is 6.30. The first-order valence-electron chi connectivity index (χ1n) is 13.0. The van der Waals surface area contributed by atoms with E-state index in [1.165, 1.54) is 40.7 Å². The number of benzene rings is 2. The van der Waals surface area contributed by atoms with Crippen molar-refractivity contribution >= 4 is 17.5 Å². The summed E-state index contributed by atoms with van der Waals surface area (Å²) in [5.41, 5.74) is 7.05. The summed E-state index contributed by atoms with van der Waals surface area (Å²) in [5.74, 6) is 1.03. The van der Waals surface area contributed by atoms with E-state index in [-0.39, 0.29) is 16.7 Å². The van der Waals surface area contributed by atoms with Gasteiger partial charge in [0, 0.05) is 24.5 Å². The fourth-order valence-corrected chi connectivity index (χ4v) is 5.20. The van der Waals surface area contributed by atoms with Gasteiger partial charge in [-0.3, -0.25) is 4.79 Å². The summed E-state index contributed by atoms with van der Waals surface area (Å²) >= 11 is 5.92. The van der Waals surface area contributed by atoms with Crippen molar-refractivity contribution in [3.8, 4) is 0 Å². The molecule has 1 aromatic heterocycles. The number of amides is 1. The molecule has 192 valence electrons. The molecule has 4 nitrogen and oxygen atoms in total. The number of aryl methyl sites for hydroxylation is 1. The van der Waals surface area contributed by atoms with E-state index in [0.717, 1.165) is 30.3 Å². The zero-order valence-corrected chi connectivity index (χ0v) is 23.0. The van der Waals surface area contributed by atoms with Crippen LogP contribution in [-0.2, 0) is 23.8 Å². The minimum atomic E-state index is -0.163. The van der Waals surface area contributed by atoms with Gasteiger partial charge in [0.1, 0.15) is 5.76 Å². The molecule has 4 rings (SSSR count). The molecule has 1 aliphatic rings. The molecular weight excluding hydrogens is 468 g/mol. The second-order valence-corrected chi connectivity index (χ2v) is 11.9. The van der Waals surface area contributed by atoms with Gasteiger partial charge in [-0.15, -0.1) is 0 Å². The highest BCUT2D eigenvalue weighted by atomic mass is 35.5. The topological polar surface area (TPSA) is 54.3 Å². The van der Waals surface area contributed by atoms with Gasteiger partial charge in [-0.2, -0.15) is 0 Å². The average Bonchev–Trinajstić information content (AvgIpc) is 3.30. The molecule has 0 fully saturated rings. The van der Waals surface area contributed by atoms with Crippen molar-refractivity contribution in [2.45, 2.75) is 77.7 Å². The normalized spacial score (nSPS) is 15.9. The lowest BCUT2D eigenvalue weighted by Gasteiger charge is -2.42. The molecule has 0 atom stereocenters. The van der Waals surface area contributed by atoms with Crippen LogP contribution in [0.4, 0.5) is 0 Å². The molecule has 0 unspecified atom stereocenters. The van der Waals surface area contributed by atoms with E-state index in [0.29, 0.717) is 18.7 Å². The largest absolute Gasteiger partial charge is 0.456 e. The van der Waals surface area contributed by atoms with Crippen molar-refractivity contribution in [2.75, 3.05) is 13.1 Å². The summed E-state index contributed by atoms with van der Waals surface area (Å²) in [6.45, 7) is 13.8. The first-order valence-corrected chi connectivity index (χ1v) is 13.4. The Morgan fingerprint density at radius 1 is 0.944 bits per heavy atom. The molecule has 0 aliphatic heterocycles. The second kappa shape index (κ2) is 10.8. The third kappa shape index (κ3) is 6.22. The summed E-state index contributed by atoms with van der Waals surface area (Å²) < 4.78 is 5.95. The number of halogens is 1. The van der Waals surface area contributed by atoms with Gasteiger partial charge in [-0.1, -0.05) is 63.6 Å². The lowest BCUT2D eigenvalue weighted by atomic mass is 9.62. The molecule has 0 radical (unpaired) electrons. The summed E-state index contributed by atoms with van der Waals surface area (Å²) in [4.78, 5) is 12.6. The van der Waals surface area contributed by atoms with E-state index in [1.54, 1.807) is 6.07 Å². The van der Waals surface area contributed by atoms with Crippen molar-refractivity contribution in [3.63, 3.8) is 0 Å². The maximum Gasteiger partial charge on any atom is 0.286 e. The molecule has 1 heterocycles. The number of nitrogens with one attached hydrogen (secondary N) is 2. The van der Waals surface area contributed by atoms with Crippen molar-refractivity contribution in [1.29, 1.82) is 0 Å². The minimum Gasteiger partial charge on any atom is -0.456 e. The summed E-state index contributed by atoms with van der Waals surface area (Å²) in [5, 5.41) is 7.09. The van der Waals surface area contributed by atoms with Crippen LogP contribution >= 0.6 is 11.6 Å². The SMILES string of the molecule is Cc1cc2c(cc1Cc1ccc(C(=O)NCCCNCc3ccc(Cl)cc3)o1)C(C)(C)CCC2(C)C. The lowest BCUT2D eigenvalue weighted by Crippen LogP contribution is -2.34. The Kier molecular flexibility index (Phi) is 7.96. The second-order valence-electron chi connectivity index (χ2n) is 11.4. The van der Waals surface area contributed by atoms with Crippen LogP contribution < -0.4 is 10.6 Å². The van der Waals surface area contributed by atoms with Crippen LogP contribution in [0.5, 0.6) is 0 Å². The van der Waals surface area contributed by atoms with Gasteiger partial charge < -0.3 is 15.1 Å². The van der Waals surface area contributed by atoms with E-state index >= 15 is 0 Å². The van der Waals surface area contributed by atoms with Crippen LogP contribution in [0, 0.1) is 6.92 Å². The van der Waals surface area contributed by atoms with Crippen molar-refractivity contribution in [1.82, 2.24) is 10.6 Å². The van der Waals surface area contributed by atoms with Crippen LogP contribution in [0.1, 0.15) is 91.1 Å². The maximum absolute atomic E-state index is 12.6. The Bertz CT molecular complexity index is 1210. The quantitative estimate of drug-likeness (QED) is 0.304. The predicted molar refractivity (Wildman–Crippen MR) is 148 cm³/mol. The number of carbonyl (C=O) groups is 1. The smallest absolute Gasteiger partial charge is 0.286 e. The third-order valence-corrected chi connectivity index (χ3v) is 7.87. The van der Waals surface area contributed by atoms with Gasteiger partial charge in [0.25, 0.3) is 5.91 Å². The monoisotopic (exact) mass is 506 g/mol. The van der Waals surface area contributed by atoms with E-state index in [4.69, 9.17) is 16.0 Å². The maximum atomic E-state index is 12.6. The van der Waals surface area contributed by atoms with Gasteiger partial charge in [-0.25, -0.2) is 0 Å². The fraction of sp³-hybridized carbons (Fsp3) is 0.452. The molecule has 36 heavy (non-hydrogen) atoms. The van der Waals surface area contributed by atoms with Crippen molar-refractivity contribution < 1.29 is 9.21 Å². The van der Waals surface area contributed by atoms with Crippen LogP contribution in [0.2, 0.25) is 5.02 Å². The number of furan rings is 1. The number of hydrogen-bond donors (Lipinski definition) is 2. The van der Waals surface area contributed by atoms with E-state index in [9.17, 15) is 4.79 Å². The number of hydrogen-bond acceptors (Lipinski definition) is 3. The van der Waals surface area contributed by atoms with E-state index in [1.807, 2.05) is 30.3 Å². The number of carbonyl (C=O) groups excluding carboxylic acids is 1. The molecule has 1 amide bonds. The summed E-state index contributed by atoms with van der Waals surface area (Å²) in [6, 6.07) is 16.3. The number of rotatable bonds is 9. The summed E-state index contributed by atoms with van der Waals surface area (Å²) in [6.07, 6.45) is 3.93. The Morgan fingerprint density at radius 3 is 2.31 bits per heavy atom. The molecular formula is C31H39ClN2O2. The van der Waals surface area contributed by atoms with Gasteiger partial charge in [0.05, 0.1) is 0 Å². The Balaban J connectivity index is 1.30. The van der Waals surface area contributed by atoms with Gasteiger partial charge in [-0.05, 0) is 95.6 Å². The van der Waals surface area contributed by atoms with E-state index in [2.05, 4.69) is 57.4 Å². The Hall–Kier alpha value is -2.56.